The molecule has 43 heavy (non-hydrogen) atoms. The third-order valence-corrected chi connectivity index (χ3v) is 9.84. The van der Waals surface area contributed by atoms with Crippen LogP contribution in [-0.4, -0.2) is 69.5 Å². The van der Waals surface area contributed by atoms with E-state index in [1.807, 2.05) is 0 Å². The highest BCUT2D eigenvalue weighted by Gasteiger charge is 2.24. The molecule has 0 radical (unpaired) electrons. The highest BCUT2D eigenvalue weighted by atomic mass is 32.3. The number of hydrogen-bond acceptors (Lipinski definition) is 12. The van der Waals surface area contributed by atoms with Gasteiger partial charge in [-0.3, -0.25) is 23.6 Å². The predicted octanol–water partition coefficient (Wildman–Crippen LogP) is 2.13. The molecule has 4 rings (SSSR count). The molecule has 230 valence electrons. The van der Waals surface area contributed by atoms with Crippen LogP contribution in [0, 0.1) is 6.92 Å². The maximum Gasteiger partial charge on any atom is 0.397 e. The molecule has 17 nitrogen and oxygen atoms in total. The topological polar surface area (TPSA) is 269 Å². The van der Waals surface area contributed by atoms with Gasteiger partial charge in [-0.2, -0.15) is 25.3 Å². The number of aryl methyl sites for hydroxylation is 1. The molecule has 0 unspecified atom stereocenters. The van der Waals surface area contributed by atoms with Crippen molar-refractivity contribution in [2.45, 2.75) is 21.6 Å². The number of hydrogen-bond donors (Lipinski definition) is 4. The Morgan fingerprint density at radius 1 is 0.814 bits per heavy atom. The fourth-order valence-corrected chi connectivity index (χ4v) is 7.00. The average Bonchev–Trinajstić information content (AvgIpc) is 3.17. The van der Waals surface area contributed by atoms with Crippen LogP contribution in [0.25, 0.3) is 16.5 Å². The van der Waals surface area contributed by atoms with Gasteiger partial charge in [-0.25, -0.2) is 17.3 Å². The van der Waals surface area contributed by atoms with E-state index in [0.29, 0.717) is 0 Å². The molecule has 0 aliphatic carbocycles. The molecule has 21 heteroatoms. The Labute approximate surface area is 243 Å². The lowest BCUT2D eigenvalue weighted by Crippen LogP contribution is -2.16. The summed E-state index contributed by atoms with van der Waals surface area (Å²) >= 11 is 0. The largest absolute Gasteiger partial charge is 0.397 e. The highest BCUT2D eigenvalue weighted by molar-refractivity contribution is 7.91. The first-order valence-corrected chi connectivity index (χ1v) is 17.4. The molecule has 0 amide bonds. The molecule has 4 aromatic rings. The van der Waals surface area contributed by atoms with Crippen molar-refractivity contribution in [1.29, 1.82) is 0 Å². The van der Waals surface area contributed by atoms with Crippen LogP contribution in [0.15, 0.2) is 84.3 Å². The van der Waals surface area contributed by atoms with E-state index in [4.69, 9.17) is 4.55 Å². The van der Waals surface area contributed by atoms with Gasteiger partial charge < -0.3 is 0 Å². The van der Waals surface area contributed by atoms with E-state index in [2.05, 4.69) is 19.5 Å². The van der Waals surface area contributed by atoms with Crippen molar-refractivity contribution in [2.75, 3.05) is 12.4 Å². The standard InChI is InChI=1S/C22H20N4O13S4/c1-13-20(22(27)26(25-13)14-5-7-15(8-6-14)40(28,29)12-11-39-43(36,37)38)24-23-18-10-9-16-17(21(18)42(33,34)35)3-2-4-19(16)41(30,31)32/h2-10,25H,11-12H2,1H3,(H,30,31,32)(H,33,34,35)(H,36,37,38). The molecule has 0 bridgehead atoms. The molecule has 1 aromatic heterocycles. The second-order valence-corrected chi connectivity index (χ2v) is 14.7. The fourth-order valence-electron chi connectivity index (χ4n) is 3.98. The van der Waals surface area contributed by atoms with Crippen LogP contribution in [-0.2, 0) is 44.7 Å². The summed E-state index contributed by atoms with van der Waals surface area (Å²) in [6, 6.07) is 10.3. The summed E-state index contributed by atoms with van der Waals surface area (Å²) in [7, 11) is -18.6. The van der Waals surface area contributed by atoms with Gasteiger partial charge in [-0.1, -0.05) is 18.2 Å². The maximum absolute atomic E-state index is 13.1. The van der Waals surface area contributed by atoms with Gasteiger partial charge in [0.1, 0.15) is 15.5 Å². The third kappa shape index (κ3) is 7.05. The molecular weight excluding hydrogens is 657 g/mol. The van der Waals surface area contributed by atoms with Crippen molar-refractivity contribution in [3.05, 3.63) is 70.6 Å². The van der Waals surface area contributed by atoms with Crippen molar-refractivity contribution in [2.24, 2.45) is 10.2 Å². The van der Waals surface area contributed by atoms with E-state index in [9.17, 15) is 47.6 Å². The Bertz CT molecular complexity index is 2270. The Balaban J connectivity index is 1.70. The predicted molar refractivity (Wildman–Crippen MR) is 148 cm³/mol. The quantitative estimate of drug-likeness (QED) is 0.139. The highest BCUT2D eigenvalue weighted by Crippen LogP contribution is 2.36. The smallest absolute Gasteiger partial charge is 0.293 e. The summed E-state index contributed by atoms with van der Waals surface area (Å²) in [6.07, 6.45) is 0. The van der Waals surface area contributed by atoms with Crippen LogP contribution < -0.4 is 5.56 Å². The average molecular weight is 677 g/mol. The zero-order chi connectivity index (χ0) is 32.0. The first kappa shape index (κ1) is 32.1. The van der Waals surface area contributed by atoms with Gasteiger partial charge in [-0.05, 0) is 43.3 Å². The maximum atomic E-state index is 13.1. The third-order valence-electron chi connectivity index (χ3n) is 5.82. The number of sulfone groups is 1. The summed E-state index contributed by atoms with van der Waals surface area (Å²) in [5, 5.41) is 9.79. The molecule has 4 N–H and O–H groups in total. The minimum absolute atomic E-state index is 0.143. The monoisotopic (exact) mass is 676 g/mol. The number of nitrogens with zero attached hydrogens (tertiary/aromatic N) is 3. The molecule has 0 fully saturated rings. The Morgan fingerprint density at radius 3 is 2.05 bits per heavy atom. The van der Waals surface area contributed by atoms with Gasteiger partial charge in [-0.15, -0.1) is 10.2 Å². The second kappa shape index (κ2) is 11.3. The lowest BCUT2D eigenvalue weighted by atomic mass is 10.1. The van der Waals surface area contributed by atoms with E-state index in [1.165, 1.54) is 25.1 Å². The van der Waals surface area contributed by atoms with Crippen LogP contribution in [0.5, 0.6) is 0 Å². The van der Waals surface area contributed by atoms with Crippen LogP contribution in [0.1, 0.15) is 5.69 Å². The molecule has 0 saturated heterocycles. The minimum atomic E-state index is -5.03. The van der Waals surface area contributed by atoms with Crippen molar-refractivity contribution < 1.29 is 51.5 Å². The second-order valence-electron chi connectivity index (χ2n) is 8.70. The number of rotatable bonds is 10. The number of aromatic nitrogens is 2. The van der Waals surface area contributed by atoms with Crippen LogP contribution in [0.4, 0.5) is 11.4 Å². The molecule has 0 aliphatic rings. The van der Waals surface area contributed by atoms with Crippen molar-refractivity contribution >= 4 is 62.6 Å². The van der Waals surface area contributed by atoms with E-state index >= 15 is 0 Å². The molecular formula is C22H20N4O13S4. The van der Waals surface area contributed by atoms with E-state index in [0.717, 1.165) is 41.1 Å². The molecule has 0 saturated carbocycles. The zero-order valence-corrected chi connectivity index (χ0v) is 24.8. The number of azo groups is 1. The van der Waals surface area contributed by atoms with Gasteiger partial charge in [0.15, 0.2) is 15.5 Å². The van der Waals surface area contributed by atoms with E-state index in [-0.39, 0.29) is 32.7 Å². The van der Waals surface area contributed by atoms with Crippen molar-refractivity contribution in [3.63, 3.8) is 0 Å². The van der Waals surface area contributed by atoms with Gasteiger partial charge in [0.2, 0.25) is 0 Å². The Morgan fingerprint density at radius 2 is 1.47 bits per heavy atom. The minimum Gasteiger partial charge on any atom is -0.293 e. The van der Waals surface area contributed by atoms with Gasteiger partial charge in [0, 0.05) is 10.8 Å². The zero-order valence-electron chi connectivity index (χ0n) is 21.5. The Hall–Kier alpha value is -3.83. The van der Waals surface area contributed by atoms with E-state index < -0.39 is 73.9 Å². The molecule has 3 aromatic carbocycles. The molecule has 0 atom stereocenters. The normalized spacial score (nSPS) is 13.2. The number of nitrogens with one attached hydrogen (secondary N) is 1. The van der Waals surface area contributed by atoms with Gasteiger partial charge >= 0.3 is 10.4 Å². The number of fused-ring (bicyclic) bond motifs is 1. The molecule has 1 heterocycles. The summed E-state index contributed by atoms with van der Waals surface area (Å²) < 4.78 is 127. The fraction of sp³-hybridized carbons (Fsp3) is 0.136. The number of H-pyrrole nitrogens is 1. The number of benzene rings is 3. The Kier molecular flexibility index (Phi) is 8.47. The van der Waals surface area contributed by atoms with Crippen LogP contribution >= 0.6 is 0 Å². The lowest BCUT2D eigenvalue weighted by Gasteiger charge is -2.09. The van der Waals surface area contributed by atoms with E-state index in [1.54, 1.807) is 0 Å². The first-order valence-electron chi connectivity index (χ1n) is 11.5. The van der Waals surface area contributed by atoms with Crippen molar-refractivity contribution in [3.8, 4) is 5.69 Å². The first-order chi connectivity index (χ1) is 19.8. The van der Waals surface area contributed by atoms with Gasteiger partial charge in [0.25, 0.3) is 25.8 Å². The summed E-state index contributed by atoms with van der Waals surface area (Å²) in [5.74, 6) is -0.768. The summed E-state index contributed by atoms with van der Waals surface area (Å²) in [6.45, 7) is 0.605. The number of aromatic amines is 1. The molecule has 0 aliphatic heterocycles. The van der Waals surface area contributed by atoms with Crippen molar-refractivity contribution in [1.82, 2.24) is 9.78 Å². The van der Waals surface area contributed by atoms with Crippen LogP contribution in [0.3, 0.4) is 0 Å². The van der Waals surface area contributed by atoms with Crippen LogP contribution in [0.2, 0.25) is 0 Å². The molecule has 0 spiro atoms. The SMILES string of the molecule is Cc1[nH]n(-c2ccc(S(=O)(=O)CCOS(=O)(=O)O)cc2)c(=O)c1N=Nc1ccc2c(S(=O)(=O)O)cccc2c1S(=O)(=O)O. The lowest BCUT2D eigenvalue weighted by molar-refractivity contribution is 0.284. The summed E-state index contributed by atoms with van der Waals surface area (Å²) in [4.78, 5) is 11.4. The van der Waals surface area contributed by atoms with Gasteiger partial charge in [0.05, 0.1) is 28.6 Å². The summed E-state index contributed by atoms with van der Waals surface area (Å²) in [5.41, 5.74) is -1.25.